The van der Waals surface area contributed by atoms with Crippen molar-refractivity contribution in [1.82, 2.24) is 10.2 Å². The van der Waals surface area contributed by atoms with Crippen LogP contribution in [0, 0.1) is 24.2 Å². The first-order valence-corrected chi connectivity index (χ1v) is 9.67. The van der Waals surface area contributed by atoms with Crippen molar-refractivity contribution in [3.63, 3.8) is 0 Å². The number of nitrogens with two attached hydrogens (primary N) is 1. The van der Waals surface area contributed by atoms with Gasteiger partial charge in [0, 0.05) is 5.69 Å². The number of aliphatic carboxylic acids is 1. The SMILES string of the molecule is Cc1[nH]nc2c1C(c1cc(/C=C/CC(=O)O)cc(C(F)(F)F)c1)(C(C)C)C(C#N)=C(N)O2. The minimum absolute atomic E-state index is 0.0238. The Morgan fingerprint density at radius 3 is 2.66 bits per heavy atom. The van der Waals surface area contributed by atoms with E-state index in [1.54, 1.807) is 20.8 Å². The van der Waals surface area contributed by atoms with E-state index in [-0.39, 0.29) is 34.9 Å². The molecule has 2 heterocycles. The van der Waals surface area contributed by atoms with Gasteiger partial charge in [-0.15, -0.1) is 5.10 Å². The molecule has 0 saturated carbocycles. The second kappa shape index (κ2) is 8.07. The Balaban J connectivity index is 2.40. The van der Waals surface area contributed by atoms with Crippen LogP contribution in [0.4, 0.5) is 13.2 Å². The molecule has 1 unspecified atom stereocenters. The number of H-pyrrole nitrogens is 1. The van der Waals surface area contributed by atoms with Gasteiger partial charge in [0.05, 0.1) is 23.0 Å². The lowest BCUT2D eigenvalue weighted by Crippen LogP contribution is -2.41. The molecular formula is C22H21F3N4O3. The average Bonchev–Trinajstić information content (AvgIpc) is 3.06. The third kappa shape index (κ3) is 3.70. The number of rotatable bonds is 5. The topological polar surface area (TPSA) is 125 Å². The zero-order chi connectivity index (χ0) is 23.8. The molecule has 0 spiro atoms. The van der Waals surface area contributed by atoms with Gasteiger partial charge in [0.1, 0.15) is 11.6 Å². The molecule has 7 nitrogen and oxygen atoms in total. The molecule has 1 aliphatic heterocycles. The molecule has 0 aliphatic carbocycles. The van der Waals surface area contributed by atoms with Gasteiger partial charge < -0.3 is 15.6 Å². The van der Waals surface area contributed by atoms with Gasteiger partial charge in [-0.2, -0.15) is 18.4 Å². The number of nitrogens with zero attached hydrogens (tertiary/aromatic N) is 2. The minimum atomic E-state index is -4.68. The molecule has 32 heavy (non-hydrogen) atoms. The normalized spacial score (nSPS) is 18.6. The van der Waals surface area contributed by atoms with E-state index in [9.17, 15) is 23.2 Å². The molecule has 0 saturated heterocycles. The van der Waals surface area contributed by atoms with Gasteiger partial charge in [0.15, 0.2) is 0 Å². The highest BCUT2D eigenvalue weighted by Crippen LogP contribution is 2.53. The van der Waals surface area contributed by atoms with E-state index in [1.807, 2.05) is 6.07 Å². The number of fused-ring (bicyclic) bond motifs is 1. The third-order valence-electron chi connectivity index (χ3n) is 5.47. The number of aromatic nitrogens is 2. The van der Waals surface area contributed by atoms with Crippen LogP contribution in [0.1, 0.15) is 48.2 Å². The van der Waals surface area contributed by atoms with Crippen LogP contribution in [0.2, 0.25) is 0 Å². The van der Waals surface area contributed by atoms with Crippen LogP contribution in [0.5, 0.6) is 5.88 Å². The Morgan fingerprint density at radius 2 is 2.09 bits per heavy atom. The van der Waals surface area contributed by atoms with E-state index < -0.39 is 29.0 Å². The number of hydrogen-bond acceptors (Lipinski definition) is 5. The Kier molecular flexibility index (Phi) is 5.78. The van der Waals surface area contributed by atoms with E-state index in [2.05, 4.69) is 10.2 Å². The van der Waals surface area contributed by atoms with Gasteiger partial charge in [0.25, 0.3) is 0 Å². The first-order chi connectivity index (χ1) is 14.9. The Morgan fingerprint density at radius 1 is 1.41 bits per heavy atom. The number of carboxylic acid groups (broad SMARTS) is 1. The summed E-state index contributed by atoms with van der Waals surface area (Å²) in [6, 6.07) is 5.44. The maximum atomic E-state index is 13.8. The van der Waals surface area contributed by atoms with Crippen LogP contribution in [0.25, 0.3) is 6.08 Å². The summed E-state index contributed by atoms with van der Waals surface area (Å²) < 4.78 is 46.9. The Hall–Kier alpha value is -3.74. The van der Waals surface area contributed by atoms with Gasteiger partial charge in [0.2, 0.25) is 11.8 Å². The quantitative estimate of drug-likeness (QED) is 0.631. The van der Waals surface area contributed by atoms with Crippen molar-refractivity contribution in [2.24, 2.45) is 11.7 Å². The number of benzene rings is 1. The van der Waals surface area contributed by atoms with Crippen molar-refractivity contribution in [3.8, 4) is 11.9 Å². The van der Waals surface area contributed by atoms with E-state index >= 15 is 0 Å². The predicted molar refractivity (Wildman–Crippen MR) is 109 cm³/mol. The smallest absolute Gasteiger partial charge is 0.416 e. The van der Waals surface area contributed by atoms with Gasteiger partial charge in [-0.25, -0.2) is 0 Å². The zero-order valence-corrected chi connectivity index (χ0v) is 17.5. The van der Waals surface area contributed by atoms with Crippen LogP contribution >= 0.6 is 0 Å². The summed E-state index contributed by atoms with van der Waals surface area (Å²) in [6.07, 6.45) is -2.46. The van der Waals surface area contributed by atoms with Gasteiger partial charge >= 0.3 is 12.1 Å². The Bertz CT molecular complexity index is 1170. The van der Waals surface area contributed by atoms with Crippen molar-refractivity contribution in [2.75, 3.05) is 0 Å². The molecule has 0 bridgehead atoms. The minimum Gasteiger partial charge on any atom is -0.481 e. The van der Waals surface area contributed by atoms with E-state index in [4.69, 9.17) is 15.6 Å². The van der Waals surface area contributed by atoms with E-state index in [1.165, 1.54) is 18.2 Å². The van der Waals surface area contributed by atoms with E-state index in [0.29, 0.717) is 11.3 Å². The monoisotopic (exact) mass is 446 g/mol. The van der Waals surface area contributed by atoms with Crippen molar-refractivity contribution in [3.05, 3.63) is 63.7 Å². The molecule has 1 aromatic heterocycles. The summed E-state index contributed by atoms with van der Waals surface area (Å²) in [5.41, 5.74) is 4.95. The molecule has 0 radical (unpaired) electrons. The number of carboxylic acids is 1. The molecule has 2 aromatic rings. The lowest BCUT2D eigenvalue weighted by atomic mass is 9.61. The number of halogens is 3. The highest BCUT2D eigenvalue weighted by Gasteiger charge is 2.51. The molecule has 10 heteroatoms. The molecule has 168 valence electrons. The Labute approximate surface area is 182 Å². The van der Waals surface area contributed by atoms with Crippen molar-refractivity contribution in [1.29, 1.82) is 5.26 Å². The van der Waals surface area contributed by atoms with Gasteiger partial charge in [-0.3, -0.25) is 9.89 Å². The summed E-state index contributed by atoms with van der Waals surface area (Å²) in [6.45, 7) is 5.23. The molecule has 4 N–H and O–H groups in total. The number of carbonyl (C=O) groups is 1. The fraction of sp³-hybridized carbons (Fsp3) is 0.318. The maximum Gasteiger partial charge on any atom is 0.416 e. The summed E-state index contributed by atoms with van der Waals surface area (Å²) in [5, 5.41) is 25.6. The van der Waals surface area contributed by atoms with Crippen molar-refractivity contribution in [2.45, 2.75) is 38.8 Å². The second-order valence-corrected chi connectivity index (χ2v) is 7.79. The summed E-state index contributed by atoms with van der Waals surface area (Å²) in [7, 11) is 0. The number of nitrogens with one attached hydrogen (secondary N) is 1. The van der Waals surface area contributed by atoms with Crippen molar-refractivity contribution >= 4 is 12.0 Å². The van der Waals surface area contributed by atoms with Crippen LogP contribution in [0.3, 0.4) is 0 Å². The highest BCUT2D eigenvalue weighted by molar-refractivity contribution is 5.71. The molecular weight excluding hydrogens is 425 g/mol. The number of hydrogen-bond donors (Lipinski definition) is 3. The number of aromatic amines is 1. The summed E-state index contributed by atoms with van der Waals surface area (Å²) in [4.78, 5) is 10.8. The number of allylic oxidation sites excluding steroid dienone is 1. The molecule has 1 aromatic carbocycles. The third-order valence-corrected chi connectivity index (χ3v) is 5.47. The molecule has 1 atom stereocenters. The predicted octanol–water partition coefficient (Wildman–Crippen LogP) is 4.25. The number of aryl methyl sites for hydroxylation is 1. The van der Waals surface area contributed by atoms with Gasteiger partial charge in [-0.1, -0.05) is 32.1 Å². The first kappa shape index (κ1) is 22.9. The standard InChI is InChI=1S/C22H21F3N4O3/c1-11(2)21(16(10-26)19(27)32-20-18(21)12(3)28-29-20)14-7-13(5-4-6-17(30)31)8-15(9-14)22(23,24)25/h4-5,7-9,11H,6,27H2,1-3H3,(H,28,29)(H,30,31)/b5-4+. The van der Waals surface area contributed by atoms with Crippen LogP contribution in [0.15, 0.2) is 35.7 Å². The van der Waals surface area contributed by atoms with Crippen molar-refractivity contribution < 1.29 is 27.8 Å². The lowest BCUT2D eigenvalue weighted by molar-refractivity contribution is -0.138. The highest BCUT2D eigenvalue weighted by atomic mass is 19.4. The maximum absolute atomic E-state index is 13.8. The molecule has 3 rings (SSSR count). The fourth-order valence-electron chi connectivity index (χ4n) is 4.20. The lowest BCUT2D eigenvalue weighted by Gasteiger charge is -2.41. The summed E-state index contributed by atoms with van der Waals surface area (Å²) >= 11 is 0. The second-order valence-electron chi connectivity index (χ2n) is 7.79. The van der Waals surface area contributed by atoms with Crippen LogP contribution in [-0.2, 0) is 16.4 Å². The number of nitriles is 1. The fourth-order valence-corrected chi connectivity index (χ4v) is 4.20. The van der Waals surface area contributed by atoms with Crippen LogP contribution in [-0.4, -0.2) is 21.3 Å². The van der Waals surface area contributed by atoms with Gasteiger partial charge in [-0.05, 0) is 36.1 Å². The van der Waals surface area contributed by atoms with Crippen LogP contribution < -0.4 is 10.5 Å². The number of ether oxygens (including phenoxy) is 1. The summed E-state index contributed by atoms with van der Waals surface area (Å²) in [5.74, 6) is -1.68. The molecule has 0 amide bonds. The molecule has 0 fully saturated rings. The average molecular weight is 446 g/mol. The first-order valence-electron chi connectivity index (χ1n) is 9.67. The number of alkyl halides is 3. The zero-order valence-electron chi connectivity index (χ0n) is 17.5. The van der Waals surface area contributed by atoms with E-state index in [0.717, 1.165) is 12.1 Å². The largest absolute Gasteiger partial charge is 0.481 e. The molecule has 1 aliphatic rings.